The van der Waals surface area contributed by atoms with Gasteiger partial charge in [-0.1, -0.05) is 6.08 Å². The molecule has 2 unspecified atom stereocenters. The second kappa shape index (κ2) is 7.93. The van der Waals surface area contributed by atoms with Gasteiger partial charge in [-0.15, -0.1) is 0 Å². The van der Waals surface area contributed by atoms with Crippen LogP contribution < -0.4 is 13.9 Å². The zero-order chi connectivity index (χ0) is 23.4. The summed E-state index contributed by atoms with van der Waals surface area (Å²) in [6, 6.07) is 6.94. The number of fused-ring (bicyclic) bond motifs is 1. The standard InChI is InChI=1S/C22H25F2N5O3S/c1-28-20-19(29(33(28,31)32)13-16-11-22(16,23)24)9-8-18(27-20)14-4-6-17(7-5-14)26-21(30)15-3-2-10-25-12-15/h2-4,8-10,12,16-17,31-32H,5-7,11,13H2,1H3,(H,26,30). The minimum atomic E-state index is -3.43. The van der Waals surface area contributed by atoms with Crippen LogP contribution in [-0.4, -0.2) is 50.5 Å². The summed E-state index contributed by atoms with van der Waals surface area (Å²) in [5.74, 6) is -3.43. The number of halogens is 2. The molecule has 0 aromatic carbocycles. The average Bonchev–Trinajstić information content (AvgIpc) is 3.37. The van der Waals surface area contributed by atoms with Crippen LogP contribution >= 0.6 is 11.0 Å². The maximum atomic E-state index is 13.4. The zero-order valence-corrected chi connectivity index (χ0v) is 18.8. The molecule has 8 nitrogen and oxygen atoms in total. The first-order valence-corrected chi connectivity index (χ1v) is 12.2. The van der Waals surface area contributed by atoms with Gasteiger partial charge >= 0.3 is 0 Å². The molecule has 1 fully saturated rings. The second-order valence-corrected chi connectivity index (χ2v) is 10.6. The van der Waals surface area contributed by atoms with Gasteiger partial charge in [0.25, 0.3) is 11.8 Å². The number of nitrogens with one attached hydrogen (secondary N) is 1. The minimum absolute atomic E-state index is 0.00114. The van der Waals surface area contributed by atoms with Crippen LogP contribution in [0.5, 0.6) is 0 Å². The van der Waals surface area contributed by atoms with Gasteiger partial charge in [-0.3, -0.25) is 18.9 Å². The topological polar surface area (TPSA) is 102 Å². The van der Waals surface area contributed by atoms with Crippen molar-refractivity contribution in [2.45, 2.75) is 37.6 Å². The Kier molecular flexibility index (Phi) is 5.30. The summed E-state index contributed by atoms with van der Waals surface area (Å²) in [7, 11) is -1.92. The highest BCUT2D eigenvalue weighted by atomic mass is 32.3. The molecule has 0 radical (unpaired) electrons. The van der Waals surface area contributed by atoms with E-state index in [9.17, 15) is 22.7 Å². The lowest BCUT2D eigenvalue weighted by Crippen LogP contribution is -2.35. The average molecular weight is 478 g/mol. The Morgan fingerprint density at radius 3 is 2.76 bits per heavy atom. The predicted octanol–water partition coefficient (Wildman–Crippen LogP) is 4.33. The smallest absolute Gasteiger partial charge is 0.253 e. The number of amides is 1. The van der Waals surface area contributed by atoms with Crippen molar-refractivity contribution in [1.82, 2.24) is 15.3 Å². The van der Waals surface area contributed by atoms with E-state index in [4.69, 9.17) is 0 Å². The lowest BCUT2D eigenvalue weighted by Gasteiger charge is -2.41. The van der Waals surface area contributed by atoms with Gasteiger partial charge in [0.15, 0.2) is 5.82 Å². The number of rotatable bonds is 5. The van der Waals surface area contributed by atoms with Crippen LogP contribution in [0.3, 0.4) is 0 Å². The van der Waals surface area contributed by atoms with Gasteiger partial charge in [0, 0.05) is 44.4 Å². The molecule has 33 heavy (non-hydrogen) atoms. The normalized spacial score (nSPS) is 25.8. The fourth-order valence-electron chi connectivity index (χ4n) is 4.27. The van der Waals surface area contributed by atoms with Gasteiger partial charge in [0.1, 0.15) is 5.69 Å². The van der Waals surface area contributed by atoms with Crippen LogP contribution in [0.15, 0.2) is 42.7 Å². The molecular weight excluding hydrogens is 452 g/mol. The van der Waals surface area contributed by atoms with Crippen LogP contribution in [0.1, 0.15) is 41.7 Å². The molecule has 3 aliphatic rings. The molecule has 1 aliphatic heterocycles. The van der Waals surface area contributed by atoms with Crippen molar-refractivity contribution in [3.8, 4) is 0 Å². The Morgan fingerprint density at radius 2 is 2.12 bits per heavy atom. The third kappa shape index (κ3) is 4.04. The lowest BCUT2D eigenvalue weighted by atomic mass is 9.92. The van der Waals surface area contributed by atoms with E-state index in [-0.39, 0.29) is 24.9 Å². The fraction of sp³-hybridized carbons (Fsp3) is 0.409. The number of alkyl halides is 2. The van der Waals surface area contributed by atoms with Gasteiger partial charge in [0.2, 0.25) is 0 Å². The monoisotopic (exact) mass is 477 g/mol. The number of pyridine rings is 2. The van der Waals surface area contributed by atoms with Crippen LogP contribution in [0.2, 0.25) is 0 Å². The Morgan fingerprint density at radius 1 is 1.33 bits per heavy atom. The van der Waals surface area contributed by atoms with Gasteiger partial charge in [-0.25, -0.2) is 22.4 Å². The quantitative estimate of drug-likeness (QED) is 0.589. The van der Waals surface area contributed by atoms with Gasteiger partial charge in [-0.05, 0) is 60.1 Å². The Bertz CT molecular complexity index is 1110. The van der Waals surface area contributed by atoms with E-state index in [1.165, 1.54) is 21.9 Å². The van der Waals surface area contributed by atoms with Crippen molar-refractivity contribution in [2.75, 3.05) is 22.2 Å². The number of anilines is 2. The molecule has 0 bridgehead atoms. The molecule has 1 saturated carbocycles. The lowest BCUT2D eigenvalue weighted by molar-refractivity contribution is 0.0933. The molecule has 0 saturated heterocycles. The van der Waals surface area contributed by atoms with Crippen LogP contribution in [0.4, 0.5) is 20.3 Å². The van der Waals surface area contributed by atoms with E-state index in [2.05, 4.69) is 15.3 Å². The molecule has 2 aromatic rings. The van der Waals surface area contributed by atoms with Gasteiger partial charge in [-0.2, -0.15) is 0 Å². The number of hydrogen-bond donors (Lipinski definition) is 3. The molecule has 2 aromatic heterocycles. The first-order valence-electron chi connectivity index (χ1n) is 10.8. The highest BCUT2D eigenvalue weighted by Gasteiger charge is 2.59. The van der Waals surface area contributed by atoms with Crippen LogP contribution in [0.25, 0.3) is 5.57 Å². The second-order valence-electron chi connectivity index (χ2n) is 8.67. The van der Waals surface area contributed by atoms with Crippen molar-refractivity contribution in [3.05, 3.63) is 54.0 Å². The third-order valence-electron chi connectivity index (χ3n) is 6.43. The van der Waals surface area contributed by atoms with E-state index in [0.717, 1.165) is 12.0 Å². The van der Waals surface area contributed by atoms with Crippen LogP contribution in [-0.2, 0) is 0 Å². The van der Waals surface area contributed by atoms with Crippen molar-refractivity contribution in [1.29, 1.82) is 0 Å². The summed E-state index contributed by atoms with van der Waals surface area (Å²) in [5.41, 5.74) is 2.67. The predicted molar refractivity (Wildman–Crippen MR) is 123 cm³/mol. The van der Waals surface area contributed by atoms with Crippen molar-refractivity contribution >= 4 is 33.9 Å². The largest absolute Gasteiger partial charge is 0.349 e. The third-order valence-corrected chi connectivity index (χ3v) is 8.27. The van der Waals surface area contributed by atoms with E-state index in [0.29, 0.717) is 35.6 Å². The van der Waals surface area contributed by atoms with Crippen LogP contribution in [0, 0.1) is 5.92 Å². The maximum absolute atomic E-state index is 13.4. The molecule has 11 heteroatoms. The molecule has 3 N–H and O–H groups in total. The molecular formula is C22H25F2N5O3S. The number of aromatic nitrogens is 2. The zero-order valence-electron chi connectivity index (χ0n) is 18.0. The summed E-state index contributed by atoms with van der Waals surface area (Å²) in [6.07, 6.45) is 7.02. The molecule has 176 valence electrons. The highest BCUT2D eigenvalue weighted by molar-refractivity contribution is 8.26. The highest BCUT2D eigenvalue weighted by Crippen LogP contribution is 2.62. The number of hydrogen-bond acceptors (Lipinski definition) is 7. The fourth-order valence-corrected chi connectivity index (χ4v) is 5.72. The van der Waals surface area contributed by atoms with Gasteiger partial charge in [0.05, 0.1) is 11.3 Å². The number of nitrogens with zero attached hydrogens (tertiary/aromatic N) is 4. The molecule has 1 amide bonds. The Balaban J connectivity index is 1.30. The maximum Gasteiger partial charge on any atom is 0.253 e. The first kappa shape index (κ1) is 22.1. The minimum Gasteiger partial charge on any atom is -0.349 e. The van der Waals surface area contributed by atoms with E-state index >= 15 is 0 Å². The van der Waals surface area contributed by atoms with E-state index < -0.39 is 22.8 Å². The first-order chi connectivity index (χ1) is 15.7. The molecule has 0 spiro atoms. The van der Waals surface area contributed by atoms with Crippen molar-refractivity contribution < 1.29 is 22.7 Å². The van der Waals surface area contributed by atoms with E-state index in [1.807, 2.05) is 6.08 Å². The van der Waals surface area contributed by atoms with Crippen molar-refractivity contribution in [3.63, 3.8) is 0 Å². The number of carbonyl (C=O) groups excluding carboxylic acids is 1. The SMILES string of the molecule is CN1c2nc(C3=CCC(NC(=O)c4cccnc4)CC3)ccc2N(CC2CC2(F)F)S1(O)O. The number of carbonyl (C=O) groups is 1. The summed E-state index contributed by atoms with van der Waals surface area (Å²) in [5, 5.41) is 3.02. The molecule has 2 aliphatic carbocycles. The van der Waals surface area contributed by atoms with Gasteiger partial charge < -0.3 is 5.32 Å². The summed E-state index contributed by atoms with van der Waals surface area (Å²) >= 11 is 0. The van der Waals surface area contributed by atoms with E-state index in [1.54, 1.807) is 30.5 Å². The molecule has 3 heterocycles. The number of allylic oxidation sites excluding steroid dienone is 1. The Hall–Kier alpha value is -2.76. The summed E-state index contributed by atoms with van der Waals surface area (Å²) in [4.78, 5) is 21.0. The molecule has 2 atom stereocenters. The molecule has 5 rings (SSSR count). The van der Waals surface area contributed by atoms with Crippen molar-refractivity contribution in [2.24, 2.45) is 5.92 Å². The summed E-state index contributed by atoms with van der Waals surface area (Å²) in [6.45, 7) is -0.130. The summed E-state index contributed by atoms with van der Waals surface area (Å²) < 4.78 is 50.7. The Labute approximate surface area is 191 Å².